The maximum atomic E-state index is 11.8. The van der Waals surface area contributed by atoms with E-state index in [1.54, 1.807) is 0 Å². The van der Waals surface area contributed by atoms with Crippen molar-refractivity contribution in [2.75, 3.05) is 13.2 Å². The van der Waals surface area contributed by atoms with Crippen LogP contribution in [0.3, 0.4) is 0 Å². The highest BCUT2D eigenvalue weighted by Crippen LogP contribution is 2.27. The third-order valence-corrected chi connectivity index (χ3v) is 2.51. The summed E-state index contributed by atoms with van der Waals surface area (Å²) < 4.78 is 11.1. The number of Topliss-reactive ketones (excluding diaryl/α,β-unsaturated/α-hetero) is 1. The van der Waals surface area contributed by atoms with E-state index >= 15 is 0 Å². The number of hydrogen-bond acceptors (Lipinski definition) is 3. The molecule has 18 heavy (non-hydrogen) atoms. The Hall–Kier alpha value is -1.51. The van der Waals surface area contributed by atoms with Crippen molar-refractivity contribution in [3.63, 3.8) is 0 Å². The highest BCUT2D eigenvalue weighted by atomic mass is 16.5. The van der Waals surface area contributed by atoms with Crippen molar-refractivity contribution in [2.45, 2.75) is 34.1 Å². The molecular weight excluding hydrogens is 228 g/mol. The lowest BCUT2D eigenvalue weighted by atomic mass is 9.91. The van der Waals surface area contributed by atoms with E-state index in [-0.39, 0.29) is 17.8 Å². The topological polar surface area (TPSA) is 35.5 Å². The fourth-order valence-corrected chi connectivity index (χ4v) is 1.26. The molecule has 0 aliphatic carbocycles. The zero-order valence-corrected chi connectivity index (χ0v) is 11.7. The van der Waals surface area contributed by atoms with Crippen LogP contribution in [0.1, 0.15) is 34.1 Å². The highest BCUT2D eigenvalue weighted by Gasteiger charge is 2.21. The van der Waals surface area contributed by atoms with Crippen LogP contribution in [0, 0.1) is 5.41 Å². The van der Waals surface area contributed by atoms with Crippen molar-refractivity contribution in [3.05, 3.63) is 24.3 Å². The van der Waals surface area contributed by atoms with Gasteiger partial charge in [0, 0.05) is 5.41 Å². The lowest BCUT2D eigenvalue weighted by Gasteiger charge is -2.18. The quantitative estimate of drug-likeness (QED) is 0.775. The molecular formula is C15H22O3. The molecule has 0 saturated carbocycles. The zero-order chi connectivity index (χ0) is 13.6. The van der Waals surface area contributed by atoms with Crippen molar-refractivity contribution in [2.24, 2.45) is 5.41 Å². The number of rotatable bonds is 6. The Labute approximate surface area is 109 Å². The Morgan fingerprint density at radius 2 is 1.67 bits per heavy atom. The van der Waals surface area contributed by atoms with Crippen LogP contribution in [0.5, 0.6) is 11.5 Å². The minimum Gasteiger partial charge on any atom is -0.490 e. The lowest BCUT2D eigenvalue weighted by molar-refractivity contribution is -0.128. The average molecular weight is 250 g/mol. The van der Waals surface area contributed by atoms with E-state index in [1.165, 1.54) is 0 Å². The molecule has 0 atom stereocenters. The molecule has 100 valence electrons. The fraction of sp³-hybridized carbons (Fsp3) is 0.533. The summed E-state index contributed by atoms with van der Waals surface area (Å²) in [6, 6.07) is 7.44. The molecule has 3 heteroatoms. The van der Waals surface area contributed by atoms with Crippen molar-refractivity contribution in [1.82, 2.24) is 0 Å². The molecule has 0 bridgehead atoms. The van der Waals surface area contributed by atoms with Crippen LogP contribution in [0.2, 0.25) is 0 Å². The second kappa shape index (κ2) is 6.43. The molecule has 0 aromatic heterocycles. The van der Waals surface area contributed by atoms with Gasteiger partial charge in [0.05, 0.1) is 6.61 Å². The van der Waals surface area contributed by atoms with Gasteiger partial charge in [-0.2, -0.15) is 0 Å². The molecule has 0 amide bonds. The maximum Gasteiger partial charge on any atom is 0.175 e. The second-order valence-corrected chi connectivity index (χ2v) is 5.26. The Kier molecular flexibility index (Phi) is 5.20. The predicted octanol–water partition coefficient (Wildman–Crippen LogP) is 3.47. The molecule has 0 fully saturated rings. The molecule has 1 aromatic carbocycles. The number of ketones is 1. The van der Waals surface area contributed by atoms with E-state index in [0.717, 1.165) is 6.42 Å². The number of ether oxygens (including phenoxy) is 2. The molecule has 0 aliphatic heterocycles. The second-order valence-electron chi connectivity index (χ2n) is 5.26. The number of carbonyl (C=O) groups is 1. The minimum absolute atomic E-state index is 0.0767. The first kappa shape index (κ1) is 14.6. The largest absolute Gasteiger partial charge is 0.490 e. The third-order valence-electron chi connectivity index (χ3n) is 2.51. The molecule has 1 aromatic rings. The molecule has 0 saturated heterocycles. The minimum atomic E-state index is -0.376. The Morgan fingerprint density at radius 1 is 1.11 bits per heavy atom. The van der Waals surface area contributed by atoms with E-state index in [0.29, 0.717) is 18.1 Å². The molecule has 0 spiro atoms. The van der Waals surface area contributed by atoms with Gasteiger partial charge in [-0.15, -0.1) is 0 Å². The Balaban J connectivity index is 2.64. The van der Waals surface area contributed by atoms with Crippen LogP contribution in [-0.2, 0) is 4.79 Å². The van der Waals surface area contributed by atoms with Crippen LogP contribution >= 0.6 is 0 Å². The summed E-state index contributed by atoms with van der Waals surface area (Å²) in [6.45, 7) is 8.44. The first-order valence-corrected chi connectivity index (χ1v) is 6.33. The molecule has 0 N–H and O–H groups in total. The summed E-state index contributed by atoms with van der Waals surface area (Å²) in [5.41, 5.74) is -0.376. The van der Waals surface area contributed by atoms with Crippen LogP contribution in [0.15, 0.2) is 24.3 Å². The summed E-state index contributed by atoms with van der Waals surface area (Å²) in [5, 5.41) is 0. The number of para-hydroxylation sites is 2. The van der Waals surface area contributed by atoms with Gasteiger partial charge in [0.25, 0.3) is 0 Å². The Bertz CT molecular complexity index is 391. The Morgan fingerprint density at radius 3 is 2.17 bits per heavy atom. The van der Waals surface area contributed by atoms with E-state index in [9.17, 15) is 4.79 Å². The zero-order valence-electron chi connectivity index (χ0n) is 11.7. The highest BCUT2D eigenvalue weighted by molar-refractivity contribution is 5.85. The maximum absolute atomic E-state index is 11.8. The number of benzene rings is 1. The van der Waals surface area contributed by atoms with Crippen LogP contribution in [0.4, 0.5) is 0 Å². The summed E-state index contributed by atoms with van der Waals surface area (Å²) in [4.78, 5) is 11.8. The standard InChI is InChI=1S/C15H22O3/c1-5-10-17-12-8-6-7-9-13(12)18-11-14(16)15(2,3)4/h6-9H,5,10-11H2,1-4H3. The van der Waals surface area contributed by atoms with Gasteiger partial charge in [-0.1, -0.05) is 39.8 Å². The third kappa shape index (κ3) is 4.40. The van der Waals surface area contributed by atoms with Gasteiger partial charge >= 0.3 is 0 Å². The predicted molar refractivity (Wildman–Crippen MR) is 72.2 cm³/mol. The normalized spacial score (nSPS) is 11.1. The van der Waals surface area contributed by atoms with Crippen LogP contribution in [-0.4, -0.2) is 19.0 Å². The summed E-state index contributed by atoms with van der Waals surface area (Å²) in [5.74, 6) is 1.40. The molecule has 0 unspecified atom stereocenters. The van der Waals surface area contributed by atoms with Gasteiger partial charge in [-0.25, -0.2) is 0 Å². The summed E-state index contributed by atoms with van der Waals surface area (Å²) in [6.07, 6.45) is 0.940. The van der Waals surface area contributed by atoms with Crippen LogP contribution < -0.4 is 9.47 Å². The van der Waals surface area contributed by atoms with Crippen molar-refractivity contribution < 1.29 is 14.3 Å². The van der Waals surface area contributed by atoms with Gasteiger partial charge in [-0.05, 0) is 18.6 Å². The van der Waals surface area contributed by atoms with Gasteiger partial charge in [0.15, 0.2) is 17.3 Å². The number of hydrogen-bond donors (Lipinski definition) is 0. The fourth-order valence-electron chi connectivity index (χ4n) is 1.26. The van der Waals surface area contributed by atoms with Crippen molar-refractivity contribution in [1.29, 1.82) is 0 Å². The van der Waals surface area contributed by atoms with Gasteiger partial charge in [0.1, 0.15) is 6.61 Å². The van der Waals surface area contributed by atoms with E-state index in [2.05, 4.69) is 0 Å². The monoisotopic (exact) mass is 250 g/mol. The molecule has 0 aliphatic rings. The van der Waals surface area contributed by atoms with Crippen LogP contribution in [0.25, 0.3) is 0 Å². The van der Waals surface area contributed by atoms with E-state index < -0.39 is 0 Å². The van der Waals surface area contributed by atoms with Gasteiger partial charge in [0.2, 0.25) is 0 Å². The molecule has 0 heterocycles. The molecule has 3 nitrogen and oxygen atoms in total. The summed E-state index contributed by atoms with van der Waals surface area (Å²) >= 11 is 0. The number of carbonyl (C=O) groups excluding carboxylic acids is 1. The summed E-state index contributed by atoms with van der Waals surface area (Å²) in [7, 11) is 0. The van der Waals surface area contributed by atoms with Gasteiger partial charge < -0.3 is 9.47 Å². The smallest absolute Gasteiger partial charge is 0.175 e. The van der Waals surface area contributed by atoms with E-state index in [1.807, 2.05) is 52.0 Å². The van der Waals surface area contributed by atoms with Crippen molar-refractivity contribution in [3.8, 4) is 11.5 Å². The lowest BCUT2D eigenvalue weighted by Crippen LogP contribution is -2.26. The van der Waals surface area contributed by atoms with Gasteiger partial charge in [-0.3, -0.25) is 4.79 Å². The first-order chi connectivity index (χ1) is 8.45. The molecule has 1 rings (SSSR count). The SMILES string of the molecule is CCCOc1ccccc1OCC(=O)C(C)(C)C. The average Bonchev–Trinajstić information content (AvgIpc) is 2.33. The molecule has 0 radical (unpaired) electrons. The first-order valence-electron chi connectivity index (χ1n) is 6.33. The van der Waals surface area contributed by atoms with Crippen molar-refractivity contribution >= 4 is 5.78 Å². The van der Waals surface area contributed by atoms with E-state index in [4.69, 9.17) is 9.47 Å².